The van der Waals surface area contributed by atoms with E-state index < -0.39 is 6.29 Å². The van der Waals surface area contributed by atoms with E-state index in [1.807, 2.05) is 24.3 Å². The van der Waals surface area contributed by atoms with Crippen molar-refractivity contribution in [3.63, 3.8) is 0 Å². The zero-order valence-electron chi connectivity index (χ0n) is 11.6. The molecule has 3 rings (SSSR count). The number of rotatable bonds is 4. The minimum Gasteiger partial charge on any atom is -0.364 e. The summed E-state index contributed by atoms with van der Waals surface area (Å²) in [6.45, 7) is 3.18. The fourth-order valence-electron chi connectivity index (χ4n) is 2.79. The molecular weight excluding hydrogens is 250 g/mol. The number of aromatic nitrogens is 1. The van der Waals surface area contributed by atoms with Crippen LogP contribution >= 0.6 is 0 Å². The maximum atomic E-state index is 9.35. The molecule has 3 nitrogen and oxygen atoms in total. The normalized spacial score (nSPS) is 11.8. The van der Waals surface area contributed by atoms with Crippen molar-refractivity contribution in [3.05, 3.63) is 48.0 Å². The van der Waals surface area contributed by atoms with Gasteiger partial charge in [-0.2, -0.15) is 0 Å². The first kappa shape index (κ1) is 13.2. The van der Waals surface area contributed by atoms with E-state index in [9.17, 15) is 10.2 Å². The average molecular weight is 269 g/mol. The fourth-order valence-corrected chi connectivity index (χ4v) is 2.79. The van der Waals surface area contributed by atoms with Crippen LogP contribution in [-0.4, -0.2) is 14.8 Å². The summed E-state index contributed by atoms with van der Waals surface area (Å²) in [5, 5.41) is 21.0. The van der Waals surface area contributed by atoms with Gasteiger partial charge in [-0.25, -0.2) is 0 Å². The van der Waals surface area contributed by atoms with E-state index in [2.05, 4.69) is 23.6 Å². The zero-order chi connectivity index (χ0) is 14.1. The standard InChI is InChI=1S/C17H19NO2/c1-2-3-10-18-15-7-5-4-6-13(15)14-11-12(17(19)20)8-9-16(14)18/h4-9,11,17,19-20H,2-3,10H2,1H3. The third-order valence-corrected chi connectivity index (χ3v) is 3.83. The van der Waals surface area contributed by atoms with Gasteiger partial charge in [-0.1, -0.05) is 37.6 Å². The number of aliphatic hydroxyl groups is 2. The van der Waals surface area contributed by atoms with Crippen molar-refractivity contribution >= 4 is 21.8 Å². The predicted molar refractivity (Wildman–Crippen MR) is 81.5 cm³/mol. The summed E-state index contributed by atoms with van der Waals surface area (Å²) >= 11 is 0. The highest BCUT2D eigenvalue weighted by molar-refractivity contribution is 6.08. The number of aliphatic hydroxyl groups excluding tert-OH is 1. The van der Waals surface area contributed by atoms with E-state index in [4.69, 9.17) is 0 Å². The summed E-state index contributed by atoms with van der Waals surface area (Å²) in [6.07, 6.45) is 0.872. The largest absolute Gasteiger partial charge is 0.364 e. The van der Waals surface area contributed by atoms with Gasteiger partial charge >= 0.3 is 0 Å². The molecule has 1 heterocycles. The Kier molecular flexibility index (Phi) is 3.47. The molecule has 2 aromatic carbocycles. The fraction of sp³-hybridized carbons (Fsp3) is 0.294. The summed E-state index contributed by atoms with van der Waals surface area (Å²) in [5.74, 6) is 0. The number of hydrogen-bond acceptors (Lipinski definition) is 2. The molecule has 0 aliphatic heterocycles. The minimum absolute atomic E-state index is 0.538. The van der Waals surface area contributed by atoms with Crippen LogP contribution in [0.3, 0.4) is 0 Å². The first-order valence-electron chi connectivity index (χ1n) is 7.09. The first-order valence-corrected chi connectivity index (χ1v) is 7.09. The molecule has 3 heteroatoms. The van der Waals surface area contributed by atoms with Gasteiger partial charge in [0.15, 0.2) is 6.29 Å². The van der Waals surface area contributed by atoms with Crippen LogP contribution < -0.4 is 0 Å². The number of unbranched alkanes of at least 4 members (excludes halogenated alkanes) is 1. The zero-order valence-corrected chi connectivity index (χ0v) is 11.6. The van der Waals surface area contributed by atoms with Gasteiger partial charge in [-0.3, -0.25) is 0 Å². The molecule has 0 amide bonds. The minimum atomic E-state index is -1.42. The Morgan fingerprint density at radius 3 is 2.50 bits per heavy atom. The smallest absolute Gasteiger partial charge is 0.178 e. The van der Waals surface area contributed by atoms with E-state index in [1.165, 1.54) is 10.9 Å². The van der Waals surface area contributed by atoms with Gasteiger partial charge in [-0.15, -0.1) is 0 Å². The third-order valence-electron chi connectivity index (χ3n) is 3.83. The van der Waals surface area contributed by atoms with Crippen LogP contribution in [0.5, 0.6) is 0 Å². The number of para-hydroxylation sites is 1. The third kappa shape index (κ3) is 2.09. The van der Waals surface area contributed by atoms with Crippen LogP contribution in [0.1, 0.15) is 31.6 Å². The van der Waals surface area contributed by atoms with Gasteiger partial charge in [0, 0.05) is 33.9 Å². The first-order chi connectivity index (χ1) is 9.72. The highest BCUT2D eigenvalue weighted by atomic mass is 16.5. The molecule has 0 aliphatic carbocycles. The highest BCUT2D eigenvalue weighted by Gasteiger charge is 2.12. The molecule has 3 aromatic rings. The van der Waals surface area contributed by atoms with Gasteiger partial charge in [0.1, 0.15) is 0 Å². The molecule has 0 spiro atoms. The van der Waals surface area contributed by atoms with Crippen LogP contribution in [0.15, 0.2) is 42.5 Å². The van der Waals surface area contributed by atoms with Crippen LogP contribution in [0, 0.1) is 0 Å². The summed E-state index contributed by atoms with van der Waals surface area (Å²) in [6, 6.07) is 13.9. The molecular formula is C17H19NO2. The Labute approximate surface area is 118 Å². The summed E-state index contributed by atoms with van der Waals surface area (Å²) < 4.78 is 2.32. The van der Waals surface area contributed by atoms with Gasteiger partial charge in [-0.05, 0) is 24.6 Å². The molecule has 2 N–H and O–H groups in total. The van der Waals surface area contributed by atoms with Crippen LogP contribution in [0.25, 0.3) is 21.8 Å². The lowest BCUT2D eigenvalue weighted by molar-refractivity contribution is -0.0423. The van der Waals surface area contributed by atoms with Crippen molar-refractivity contribution < 1.29 is 10.2 Å². The van der Waals surface area contributed by atoms with Gasteiger partial charge in [0.05, 0.1) is 0 Å². The van der Waals surface area contributed by atoms with E-state index in [1.54, 1.807) is 6.07 Å². The number of aryl methyl sites for hydroxylation is 1. The summed E-state index contributed by atoms with van der Waals surface area (Å²) in [5.41, 5.74) is 2.90. The second kappa shape index (κ2) is 5.27. The molecule has 0 saturated carbocycles. The quantitative estimate of drug-likeness (QED) is 0.711. The lowest BCUT2D eigenvalue weighted by Gasteiger charge is -2.07. The molecule has 0 aliphatic rings. The molecule has 0 radical (unpaired) electrons. The van der Waals surface area contributed by atoms with Crippen molar-refractivity contribution in [3.8, 4) is 0 Å². The number of fused-ring (bicyclic) bond motifs is 3. The van der Waals surface area contributed by atoms with E-state index in [-0.39, 0.29) is 0 Å². The molecule has 0 unspecified atom stereocenters. The van der Waals surface area contributed by atoms with Gasteiger partial charge < -0.3 is 14.8 Å². The van der Waals surface area contributed by atoms with Crippen molar-refractivity contribution in [2.24, 2.45) is 0 Å². The number of hydrogen-bond donors (Lipinski definition) is 2. The van der Waals surface area contributed by atoms with Crippen LogP contribution in [0.4, 0.5) is 0 Å². The SMILES string of the molecule is CCCCn1c2ccccc2c2cc(C(O)O)ccc21. The Morgan fingerprint density at radius 1 is 1.00 bits per heavy atom. The molecule has 0 bridgehead atoms. The molecule has 0 fully saturated rings. The highest BCUT2D eigenvalue weighted by Crippen LogP contribution is 2.31. The maximum absolute atomic E-state index is 9.35. The maximum Gasteiger partial charge on any atom is 0.178 e. The Morgan fingerprint density at radius 2 is 1.75 bits per heavy atom. The summed E-state index contributed by atoms with van der Waals surface area (Å²) in [7, 11) is 0. The van der Waals surface area contributed by atoms with E-state index in [0.717, 1.165) is 30.3 Å². The Balaban J connectivity index is 2.29. The monoisotopic (exact) mass is 269 g/mol. The van der Waals surface area contributed by atoms with Crippen molar-refractivity contribution in [2.75, 3.05) is 0 Å². The van der Waals surface area contributed by atoms with Crippen LogP contribution in [-0.2, 0) is 6.54 Å². The number of nitrogens with zero attached hydrogens (tertiary/aromatic N) is 1. The van der Waals surface area contributed by atoms with Crippen molar-refractivity contribution in [1.29, 1.82) is 0 Å². The summed E-state index contributed by atoms with van der Waals surface area (Å²) in [4.78, 5) is 0. The van der Waals surface area contributed by atoms with Gasteiger partial charge in [0.2, 0.25) is 0 Å². The average Bonchev–Trinajstić information content (AvgIpc) is 2.78. The lowest BCUT2D eigenvalue weighted by Crippen LogP contribution is -1.98. The Hall–Kier alpha value is -1.84. The second-order valence-electron chi connectivity index (χ2n) is 5.17. The number of benzene rings is 2. The second-order valence-corrected chi connectivity index (χ2v) is 5.17. The molecule has 104 valence electrons. The van der Waals surface area contributed by atoms with Gasteiger partial charge in [0.25, 0.3) is 0 Å². The molecule has 0 atom stereocenters. The molecule has 1 aromatic heterocycles. The Bertz CT molecular complexity index is 743. The molecule has 0 saturated heterocycles. The van der Waals surface area contributed by atoms with Crippen molar-refractivity contribution in [2.45, 2.75) is 32.6 Å². The van der Waals surface area contributed by atoms with Crippen molar-refractivity contribution in [1.82, 2.24) is 4.57 Å². The predicted octanol–water partition coefficient (Wildman–Crippen LogP) is 3.58. The molecule has 20 heavy (non-hydrogen) atoms. The topological polar surface area (TPSA) is 45.4 Å². The van der Waals surface area contributed by atoms with E-state index >= 15 is 0 Å². The van der Waals surface area contributed by atoms with Crippen LogP contribution in [0.2, 0.25) is 0 Å². The lowest BCUT2D eigenvalue weighted by atomic mass is 10.1. The van der Waals surface area contributed by atoms with E-state index in [0.29, 0.717) is 5.56 Å².